The summed E-state index contributed by atoms with van der Waals surface area (Å²) >= 11 is 0. The van der Waals surface area contributed by atoms with E-state index in [9.17, 15) is 9.59 Å². The molecular weight excluding hydrogens is 364 g/mol. The lowest BCUT2D eigenvalue weighted by atomic mass is 10.00. The SMILES string of the molecule is CCCCN(C)C(=O)c1nc(C(=O)N2CCc3ccccc3C2)c2ccccn12. The minimum absolute atomic E-state index is 0.126. The summed E-state index contributed by atoms with van der Waals surface area (Å²) in [5.74, 6) is 0.00103. The molecule has 0 saturated carbocycles. The molecule has 0 radical (unpaired) electrons. The monoisotopic (exact) mass is 390 g/mol. The van der Waals surface area contributed by atoms with Crippen molar-refractivity contribution >= 4 is 17.3 Å². The number of aromatic nitrogens is 2. The fourth-order valence-electron chi connectivity index (χ4n) is 3.83. The van der Waals surface area contributed by atoms with E-state index < -0.39 is 0 Å². The Morgan fingerprint density at radius 1 is 1.10 bits per heavy atom. The van der Waals surface area contributed by atoms with Crippen LogP contribution in [0.2, 0.25) is 0 Å². The fraction of sp³-hybridized carbons (Fsp3) is 0.348. The average molecular weight is 390 g/mol. The summed E-state index contributed by atoms with van der Waals surface area (Å²) in [7, 11) is 1.78. The Balaban J connectivity index is 1.66. The molecule has 0 unspecified atom stereocenters. The molecule has 150 valence electrons. The molecule has 0 bridgehead atoms. The molecule has 0 N–H and O–H groups in total. The zero-order valence-electron chi connectivity index (χ0n) is 17.0. The second-order valence-electron chi connectivity index (χ2n) is 7.57. The Bertz CT molecular complexity index is 1060. The molecule has 2 amide bonds. The molecule has 1 aliphatic rings. The van der Waals surface area contributed by atoms with E-state index in [0.717, 1.165) is 19.3 Å². The third kappa shape index (κ3) is 3.62. The van der Waals surface area contributed by atoms with Crippen molar-refractivity contribution in [1.82, 2.24) is 19.2 Å². The van der Waals surface area contributed by atoms with Crippen LogP contribution >= 0.6 is 0 Å². The van der Waals surface area contributed by atoms with Crippen LogP contribution < -0.4 is 0 Å². The molecule has 0 atom stereocenters. The minimum Gasteiger partial charge on any atom is -0.339 e. The Morgan fingerprint density at radius 2 is 1.86 bits per heavy atom. The zero-order chi connectivity index (χ0) is 20.4. The van der Waals surface area contributed by atoms with Crippen LogP contribution in [0, 0.1) is 0 Å². The Hall–Kier alpha value is -3.15. The highest BCUT2D eigenvalue weighted by Gasteiger charge is 2.28. The van der Waals surface area contributed by atoms with Gasteiger partial charge in [0.2, 0.25) is 5.82 Å². The van der Waals surface area contributed by atoms with Crippen LogP contribution in [0.4, 0.5) is 0 Å². The number of hydrogen-bond donors (Lipinski definition) is 0. The number of rotatable bonds is 5. The van der Waals surface area contributed by atoms with E-state index >= 15 is 0 Å². The van der Waals surface area contributed by atoms with E-state index in [2.05, 4.69) is 24.0 Å². The quantitative estimate of drug-likeness (QED) is 0.671. The van der Waals surface area contributed by atoms with Crippen LogP contribution in [0.1, 0.15) is 52.0 Å². The number of hydrogen-bond acceptors (Lipinski definition) is 3. The third-order valence-electron chi connectivity index (χ3n) is 5.55. The van der Waals surface area contributed by atoms with Gasteiger partial charge in [0.1, 0.15) is 0 Å². The molecule has 1 aromatic carbocycles. The van der Waals surface area contributed by atoms with Gasteiger partial charge in [0.05, 0.1) is 5.52 Å². The van der Waals surface area contributed by atoms with Gasteiger partial charge in [-0.25, -0.2) is 4.98 Å². The molecule has 3 heterocycles. The number of imidazole rings is 1. The summed E-state index contributed by atoms with van der Waals surface area (Å²) in [4.78, 5) is 34.3. The van der Waals surface area contributed by atoms with Gasteiger partial charge >= 0.3 is 0 Å². The van der Waals surface area contributed by atoms with Gasteiger partial charge in [-0.15, -0.1) is 0 Å². The van der Waals surface area contributed by atoms with Crippen LogP contribution in [0.15, 0.2) is 48.7 Å². The van der Waals surface area contributed by atoms with Gasteiger partial charge in [-0.1, -0.05) is 43.7 Å². The van der Waals surface area contributed by atoms with Crippen molar-refractivity contribution in [2.75, 3.05) is 20.1 Å². The smallest absolute Gasteiger partial charge is 0.289 e. The predicted molar refractivity (Wildman–Crippen MR) is 112 cm³/mol. The van der Waals surface area contributed by atoms with E-state index in [1.807, 2.05) is 35.2 Å². The molecule has 0 aliphatic carbocycles. The van der Waals surface area contributed by atoms with Crippen molar-refractivity contribution in [3.05, 3.63) is 71.3 Å². The van der Waals surface area contributed by atoms with Crippen molar-refractivity contribution in [3.8, 4) is 0 Å². The Labute approximate surface area is 170 Å². The van der Waals surface area contributed by atoms with Gasteiger partial charge in [0, 0.05) is 32.9 Å². The third-order valence-corrected chi connectivity index (χ3v) is 5.55. The summed E-state index contributed by atoms with van der Waals surface area (Å²) in [5.41, 5.74) is 3.48. The highest BCUT2D eigenvalue weighted by atomic mass is 16.2. The fourth-order valence-corrected chi connectivity index (χ4v) is 3.83. The summed E-state index contributed by atoms with van der Waals surface area (Å²) in [6, 6.07) is 13.8. The standard InChI is InChI=1S/C23H26N4O2/c1-3-4-13-25(2)23(29)21-24-20(19-11-7-8-14-27(19)21)22(28)26-15-12-17-9-5-6-10-18(17)16-26/h5-11,14H,3-4,12-13,15-16H2,1-2H3. The van der Waals surface area contributed by atoms with Gasteiger partial charge in [0.25, 0.3) is 11.8 Å². The van der Waals surface area contributed by atoms with Crippen molar-refractivity contribution in [2.45, 2.75) is 32.7 Å². The molecule has 0 saturated heterocycles. The van der Waals surface area contributed by atoms with E-state index in [-0.39, 0.29) is 11.8 Å². The normalized spacial score (nSPS) is 13.4. The molecule has 2 aromatic heterocycles. The molecule has 0 fully saturated rings. The minimum atomic E-state index is -0.164. The highest BCUT2D eigenvalue weighted by molar-refractivity contribution is 6.02. The van der Waals surface area contributed by atoms with E-state index in [1.165, 1.54) is 11.1 Å². The van der Waals surface area contributed by atoms with Gasteiger partial charge in [-0.2, -0.15) is 0 Å². The van der Waals surface area contributed by atoms with Crippen LogP contribution in [-0.2, 0) is 13.0 Å². The maximum atomic E-state index is 13.3. The number of amides is 2. The second kappa shape index (κ2) is 8.07. The lowest BCUT2D eigenvalue weighted by Crippen LogP contribution is -2.36. The van der Waals surface area contributed by atoms with Gasteiger partial charge in [-0.05, 0) is 36.1 Å². The summed E-state index contributed by atoms with van der Waals surface area (Å²) in [6.45, 7) is 3.99. The van der Waals surface area contributed by atoms with E-state index in [1.54, 1.807) is 22.5 Å². The van der Waals surface area contributed by atoms with Crippen LogP contribution in [0.25, 0.3) is 5.52 Å². The number of fused-ring (bicyclic) bond motifs is 2. The highest BCUT2D eigenvalue weighted by Crippen LogP contribution is 2.22. The lowest BCUT2D eigenvalue weighted by Gasteiger charge is -2.28. The summed E-state index contributed by atoms with van der Waals surface area (Å²) in [5, 5.41) is 0. The first-order valence-corrected chi connectivity index (χ1v) is 10.2. The zero-order valence-corrected chi connectivity index (χ0v) is 17.0. The van der Waals surface area contributed by atoms with Crippen LogP contribution in [-0.4, -0.2) is 51.1 Å². The molecule has 4 rings (SSSR count). The Kier molecular flexibility index (Phi) is 5.34. The van der Waals surface area contributed by atoms with Crippen LogP contribution in [0.5, 0.6) is 0 Å². The maximum absolute atomic E-state index is 13.3. The van der Waals surface area contributed by atoms with Gasteiger partial charge in [-0.3, -0.25) is 14.0 Å². The number of carbonyl (C=O) groups excluding carboxylic acids is 2. The molecule has 0 spiro atoms. The predicted octanol–water partition coefficient (Wildman–Crippen LogP) is 3.40. The van der Waals surface area contributed by atoms with Crippen molar-refractivity contribution in [2.24, 2.45) is 0 Å². The molecule has 6 nitrogen and oxygen atoms in total. The lowest BCUT2D eigenvalue weighted by molar-refractivity contribution is 0.0731. The average Bonchev–Trinajstić information content (AvgIpc) is 3.15. The van der Waals surface area contributed by atoms with Crippen molar-refractivity contribution in [1.29, 1.82) is 0 Å². The van der Waals surface area contributed by atoms with E-state index in [4.69, 9.17) is 0 Å². The number of carbonyl (C=O) groups is 2. The first kappa shape index (κ1) is 19.2. The number of benzene rings is 1. The van der Waals surface area contributed by atoms with Crippen molar-refractivity contribution < 1.29 is 9.59 Å². The molecular formula is C23H26N4O2. The van der Waals surface area contributed by atoms with Gasteiger partial charge in [0.15, 0.2) is 5.69 Å². The summed E-state index contributed by atoms with van der Waals surface area (Å²) < 4.78 is 1.73. The molecule has 3 aromatic rings. The second-order valence-corrected chi connectivity index (χ2v) is 7.57. The van der Waals surface area contributed by atoms with Crippen LogP contribution in [0.3, 0.4) is 0 Å². The maximum Gasteiger partial charge on any atom is 0.289 e. The first-order chi connectivity index (χ1) is 14.1. The Morgan fingerprint density at radius 3 is 2.66 bits per heavy atom. The molecule has 1 aliphatic heterocycles. The number of pyridine rings is 1. The molecule has 29 heavy (non-hydrogen) atoms. The summed E-state index contributed by atoms with van der Waals surface area (Å²) in [6.07, 6.45) is 4.58. The topological polar surface area (TPSA) is 57.9 Å². The van der Waals surface area contributed by atoms with Crippen molar-refractivity contribution in [3.63, 3.8) is 0 Å². The first-order valence-electron chi connectivity index (χ1n) is 10.2. The largest absolute Gasteiger partial charge is 0.339 e. The number of nitrogens with zero attached hydrogens (tertiary/aromatic N) is 4. The van der Waals surface area contributed by atoms with Gasteiger partial charge < -0.3 is 9.80 Å². The molecule has 6 heteroatoms. The number of unbranched alkanes of at least 4 members (excludes halogenated alkanes) is 1. The van der Waals surface area contributed by atoms with E-state index in [0.29, 0.717) is 36.7 Å².